The Kier molecular flexibility index (Phi) is 8.48. The second-order valence-corrected chi connectivity index (χ2v) is 10.1. The Balaban J connectivity index is 1.29. The topological polar surface area (TPSA) is 52.7 Å². The van der Waals surface area contributed by atoms with E-state index in [9.17, 15) is 14.0 Å². The van der Waals surface area contributed by atoms with E-state index in [2.05, 4.69) is 10.2 Å². The number of hydrogen-bond donors (Lipinski definition) is 1. The van der Waals surface area contributed by atoms with Crippen molar-refractivity contribution in [3.8, 4) is 0 Å². The molecule has 5 nitrogen and oxygen atoms in total. The molecule has 2 heterocycles. The number of hydrogen-bond acceptors (Lipinski definition) is 5. The molecule has 3 rings (SSSR count). The van der Waals surface area contributed by atoms with Crippen LogP contribution in [-0.4, -0.2) is 65.3 Å². The highest BCUT2D eigenvalue weighted by Gasteiger charge is 2.22. The van der Waals surface area contributed by atoms with Crippen molar-refractivity contribution < 1.29 is 14.0 Å². The molecule has 0 unspecified atom stereocenters. The molecular formula is C20H28FN3O2S2. The standard InChI is InChI=1S/C20H28FN3O2S2/c21-16-5-7-17(8-6-16)22-19(25)15-23-10-12-24(13-11-23)20(26)4-2-1-3-18-9-14-27-28-18/h5-8,18H,1-4,9-15H2,(H,22,25)/t18-/m0/s1. The van der Waals surface area contributed by atoms with Gasteiger partial charge in [0.1, 0.15) is 5.82 Å². The summed E-state index contributed by atoms with van der Waals surface area (Å²) in [5, 5.41) is 3.56. The summed E-state index contributed by atoms with van der Waals surface area (Å²) >= 11 is 0. The zero-order chi connectivity index (χ0) is 19.8. The van der Waals surface area contributed by atoms with Crippen molar-refractivity contribution in [3.05, 3.63) is 30.1 Å². The van der Waals surface area contributed by atoms with Crippen LogP contribution < -0.4 is 5.32 Å². The van der Waals surface area contributed by atoms with E-state index in [0.29, 0.717) is 38.3 Å². The lowest BCUT2D eigenvalue weighted by molar-refractivity contribution is -0.133. The number of amides is 2. The van der Waals surface area contributed by atoms with E-state index in [4.69, 9.17) is 0 Å². The number of halogens is 1. The molecule has 1 atom stereocenters. The minimum atomic E-state index is -0.324. The van der Waals surface area contributed by atoms with Crippen molar-refractivity contribution in [1.29, 1.82) is 0 Å². The molecule has 2 saturated heterocycles. The number of anilines is 1. The van der Waals surface area contributed by atoms with Crippen LogP contribution in [0.15, 0.2) is 24.3 Å². The predicted molar refractivity (Wildman–Crippen MR) is 115 cm³/mol. The molecule has 2 fully saturated rings. The summed E-state index contributed by atoms with van der Waals surface area (Å²) in [7, 11) is 3.97. The number of piperazine rings is 1. The molecule has 0 aliphatic carbocycles. The van der Waals surface area contributed by atoms with Crippen molar-refractivity contribution >= 4 is 39.1 Å². The van der Waals surface area contributed by atoms with Gasteiger partial charge < -0.3 is 10.2 Å². The molecule has 0 spiro atoms. The fourth-order valence-corrected chi connectivity index (χ4v) is 6.49. The van der Waals surface area contributed by atoms with Crippen molar-refractivity contribution in [2.75, 3.05) is 43.8 Å². The molecule has 0 bridgehead atoms. The normalized spacial score (nSPS) is 20.3. The molecule has 2 aliphatic heterocycles. The molecule has 0 saturated carbocycles. The number of rotatable bonds is 8. The summed E-state index contributed by atoms with van der Waals surface area (Å²) < 4.78 is 12.9. The van der Waals surface area contributed by atoms with Gasteiger partial charge in [0.2, 0.25) is 11.8 Å². The van der Waals surface area contributed by atoms with Gasteiger partial charge >= 0.3 is 0 Å². The first-order chi connectivity index (χ1) is 13.6. The summed E-state index contributed by atoms with van der Waals surface area (Å²) in [6.45, 7) is 3.06. The Labute approximate surface area is 174 Å². The molecule has 0 aromatic heterocycles. The summed E-state index contributed by atoms with van der Waals surface area (Å²) in [5.41, 5.74) is 0.592. The van der Waals surface area contributed by atoms with Gasteiger partial charge in [-0.2, -0.15) is 0 Å². The SMILES string of the molecule is O=C(CN1CCN(C(=O)CCCC[C@H]2CCSS2)CC1)Nc1ccc(F)cc1. The molecule has 1 N–H and O–H groups in total. The number of carbonyl (C=O) groups excluding carboxylic acids is 2. The van der Waals surface area contributed by atoms with E-state index < -0.39 is 0 Å². The van der Waals surface area contributed by atoms with Crippen LogP contribution in [0, 0.1) is 5.82 Å². The molecule has 28 heavy (non-hydrogen) atoms. The summed E-state index contributed by atoms with van der Waals surface area (Å²) in [5.74, 6) is 1.06. The zero-order valence-corrected chi connectivity index (χ0v) is 17.7. The third-order valence-electron chi connectivity index (χ3n) is 5.11. The highest BCUT2D eigenvalue weighted by Crippen LogP contribution is 2.39. The van der Waals surface area contributed by atoms with Gasteiger partial charge in [-0.05, 0) is 43.5 Å². The van der Waals surface area contributed by atoms with Gasteiger partial charge in [-0.3, -0.25) is 14.5 Å². The van der Waals surface area contributed by atoms with Gasteiger partial charge in [-0.1, -0.05) is 28.0 Å². The maximum absolute atomic E-state index is 12.9. The van der Waals surface area contributed by atoms with E-state index in [1.165, 1.54) is 30.7 Å². The first-order valence-corrected chi connectivity index (χ1v) is 12.3. The monoisotopic (exact) mass is 425 g/mol. The van der Waals surface area contributed by atoms with Crippen LogP contribution in [0.1, 0.15) is 32.1 Å². The number of unbranched alkanes of at least 4 members (excludes halogenated alkanes) is 1. The minimum Gasteiger partial charge on any atom is -0.340 e. The van der Waals surface area contributed by atoms with Crippen LogP contribution >= 0.6 is 21.6 Å². The second-order valence-electron chi connectivity index (χ2n) is 7.29. The molecule has 8 heteroatoms. The molecule has 0 radical (unpaired) electrons. The molecule has 1 aromatic carbocycles. The lowest BCUT2D eigenvalue weighted by atomic mass is 10.1. The molecule has 154 valence electrons. The van der Waals surface area contributed by atoms with E-state index >= 15 is 0 Å². The average Bonchev–Trinajstić information content (AvgIpc) is 3.21. The van der Waals surface area contributed by atoms with Crippen molar-refractivity contribution in [2.24, 2.45) is 0 Å². The quantitative estimate of drug-likeness (QED) is 0.509. The maximum Gasteiger partial charge on any atom is 0.238 e. The fourth-order valence-electron chi connectivity index (χ4n) is 3.46. The summed E-state index contributed by atoms with van der Waals surface area (Å²) in [6, 6.07) is 5.75. The lowest BCUT2D eigenvalue weighted by Gasteiger charge is -2.34. The Morgan fingerprint density at radius 2 is 1.86 bits per heavy atom. The van der Waals surface area contributed by atoms with E-state index in [1.807, 2.05) is 26.5 Å². The predicted octanol–water partition coefficient (Wildman–Crippen LogP) is 3.62. The van der Waals surface area contributed by atoms with Gasteiger partial charge in [0, 0.05) is 49.3 Å². The van der Waals surface area contributed by atoms with Gasteiger partial charge in [0.15, 0.2) is 0 Å². The third kappa shape index (κ3) is 6.97. The van der Waals surface area contributed by atoms with Crippen LogP contribution in [0.25, 0.3) is 0 Å². The zero-order valence-electron chi connectivity index (χ0n) is 16.1. The minimum absolute atomic E-state index is 0.116. The Hall–Kier alpha value is -1.25. The van der Waals surface area contributed by atoms with E-state index in [-0.39, 0.29) is 24.2 Å². The van der Waals surface area contributed by atoms with Crippen LogP contribution in [0.4, 0.5) is 10.1 Å². The van der Waals surface area contributed by atoms with Gasteiger partial charge in [0.05, 0.1) is 6.54 Å². The number of nitrogens with zero attached hydrogens (tertiary/aromatic N) is 2. The Morgan fingerprint density at radius 3 is 2.54 bits per heavy atom. The van der Waals surface area contributed by atoms with Crippen molar-refractivity contribution in [3.63, 3.8) is 0 Å². The van der Waals surface area contributed by atoms with Crippen LogP contribution in [0.5, 0.6) is 0 Å². The highest BCUT2D eigenvalue weighted by atomic mass is 33.1. The van der Waals surface area contributed by atoms with Crippen LogP contribution in [-0.2, 0) is 9.59 Å². The van der Waals surface area contributed by atoms with Gasteiger partial charge in [-0.15, -0.1) is 0 Å². The summed E-state index contributed by atoms with van der Waals surface area (Å²) in [4.78, 5) is 28.5. The van der Waals surface area contributed by atoms with Crippen molar-refractivity contribution in [2.45, 2.75) is 37.4 Å². The van der Waals surface area contributed by atoms with E-state index in [0.717, 1.165) is 18.1 Å². The Bertz CT molecular complexity index is 645. The molecule has 2 aliphatic rings. The lowest BCUT2D eigenvalue weighted by Crippen LogP contribution is -2.50. The van der Waals surface area contributed by atoms with Crippen molar-refractivity contribution in [1.82, 2.24) is 9.80 Å². The first-order valence-electron chi connectivity index (χ1n) is 9.94. The largest absolute Gasteiger partial charge is 0.340 e. The van der Waals surface area contributed by atoms with Gasteiger partial charge in [-0.25, -0.2) is 4.39 Å². The van der Waals surface area contributed by atoms with Crippen LogP contribution in [0.2, 0.25) is 0 Å². The average molecular weight is 426 g/mol. The van der Waals surface area contributed by atoms with Crippen LogP contribution in [0.3, 0.4) is 0 Å². The number of carbonyl (C=O) groups is 2. The molecular weight excluding hydrogens is 397 g/mol. The van der Waals surface area contributed by atoms with E-state index in [1.54, 1.807) is 12.1 Å². The summed E-state index contributed by atoms with van der Waals surface area (Å²) in [6.07, 6.45) is 5.27. The second kappa shape index (κ2) is 11.1. The fraction of sp³-hybridized carbons (Fsp3) is 0.600. The number of nitrogens with one attached hydrogen (secondary N) is 1. The molecule has 2 amide bonds. The third-order valence-corrected chi connectivity index (χ3v) is 8.12. The highest BCUT2D eigenvalue weighted by molar-refractivity contribution is 8.77. The first kappa shape index (κ1) is 21.5. The maximum atomic E-state index is 12.9. The molecule has 1 aromatic rings. The smallest absolute Gasteiger partial charge is 0.238 e. The Morgan fingerprint density at radius 1 is 1.11 bits per heavy atom. The van der Waals surface area contributed by atoms with Gasteiger partial charge in [0.25, 0.3) is 0 Å². The number of benzene rings is 1.